The summed E-state index contributed by atoms with van der Waals surface area (Å²) in [7, 11) is 0. The van der Waals surface area contributed by atoms with Gasteiger partial charge in [0.25, 0.3) is 0 Å². The highest BCUT2D eigenvalue weighted by Crippen LogP contribution is 2.21. The van der Waals surface area contributed by atoms with Crippen LogP contribution in [0.1, 0.15) is 0 Å². The highest BCUT2D eigenvalue weighted by molar-refractivity contribution is 5.46. The Hall–Kier alpha value is -2.21. The smallest absolute Gasteiger partial charge is 0.148 e. The van der Waals surface area contributed by atoms with Gasteiger partial charge in [-0.1, -0.05) is 18.1 Å². The molecule has 0 N–H and O–H groups in total. The number of para-hydroxylation sites is 2. The first-order chi connectivity index (χ1) is 7.42. The van der Waals surface area contributed by atoms with Crippen LogP contribution in [-0.2, 0) is 0 Å². The van der Waals surface area contributed by atoms with E-state index in [0.29, 0.717) is 0 Å². The van der Waals surface area contributed by atoms with Crippen molar-refractivity contribution in [3.8, 4) is 23.8 Å². The van der Waals surface area contributed by atoms with Crippen LogP contribution in [-0.4, -0.2) is 16.2 Å². The maximum Gasteiger partial charge on any atom is 0.148 e. The van der Waals surface area contributed by atoms with Crippen molar-refractivity contribution in [3.63, 3.8) is 0 Å². The van der Waals surface area contributed by atoms with E-state index in [4.69, 9.17) is 11.2 Å². The molecular formula is C12H10N2O. The zero-order valence-electron chi connectivity index (χ0n) is 8.13. The number of aromatic nitrogens is 2. The van der Waals surface area contributed by atoms with Crippen molar-refractivity contribution in [1.29, 1.82) is 0 Å². The van der Waals surface area contributed by atoms with E-state index in [9.17, 15) is 0 Å². The molecule has 0 aliphatic carbocycles. The predicted octanol–water partition coefficient (Wildman–Crippen LogP) is 1.88. The van der Waals surface area contributed by atoms with Crippen LogP contribution in [0.15, 0.2) is 43.0 Å². The van der Waals surface area contributed by atoms with Crippen LogP contribution in [0.4, 0.5) is 0 Å². The van der Waals surface area contributed by atoms with Gasteiger partial charge in [0.05, 0.1) is 12.0 Å². The second kappa shape index (κ2) is 4.34. The number of rotatable bonds is 3. The Morgan fingerprint density at radius 1 is 1.40 bits per heavy atom. The van der Waals surface area contributed by atoms with Crippen LogP contribution in [0, 0.1) is 12.3 Å². The molecule has 0 saturated heterocycles. The average Bonchev–Trinajstić information content (AvgIpc) is 2.80. The molecular weight excluding hydrogens is 188 g/mol. The zero-order valence-corrected chi connectivity index (χ0v) is 8.13. The van der Waals surface area contributed by atoms with Crippen molar-refractivity contribution in [3.05, 3.63) is 43.0 Å². The van der Waals surface area contributed by atoms with Gasteiger partial charge in [-0.25, -0.2) is 4.98 Å². The van der Waals surface area contributed by atoms with Gasteiger partial charge in [0.2, 0.25) is 0 Å². The SMILES string of the molecule is C#CCOc1ccccc1-n1ccnc1. The van der Waals surface area contributed by atoms with Crippen LogP contribution in [0.3, 0.4) is 0 Å². The Morgan fingerprint density at radius 3 is 3.00 bits per heavy atom. The average molecular weight is 198 g/mol. The lowest BCUT2D eigenvalue weighted by Crippen LogP contribution is -1.99. The third-order valence-electron chi connectivity index (χ3n) is 1.96. The molecule has 2 rings (SSSR count). The third kappa shape index (κ3) is 2.00. The van der Waals surface area contributed by atoms with E-state index in [-0.39, 0.29) is 6.61 Å². The van der Waals surface area contributed by atoms with Gasteiger partial charge in [-0.2, -0.15) is 0 Å². The second-order valence-corrected chi connectivity index (χ2v) is 2.93. The summed E-state index contributed by atoms with van der Waals surface area (Å²) in [5.41, 5.74) is 0.935. The third-order valence-corrected chi connectivity index (χ3v) is 1.96. The van der Waals surface area contributed by atoms with Crippen molar-refractivity contribution in [1.82, 2.24) is 9.55 Å². The molecule has 0 radical (unpaired) electrons. The molecule has 1 aromatic carbocycles. The maximum absolute atomic E-state index is 5.43. The van der Waals surface area contributed by atoms with Crippen LogP contribution in [0.5, 0.6) is 5.75 Å². The number of hydrogen-bond donors (Lipinski definition) is 0. The Bertz CT molecular complexity index is 469. The predicted molar refractivity (Wildman–Crippen MR) is 57.9 cm³/mol. The lowest BCUT2D eigenvalue weighted by atomic mass is 10.3. The molecule has 0 spiro atoms. The quantitative estimate of drug-likeness (QED) is 0.704. The van der Waals surface area contributed by atoms with Gasteiger partial charge in [0.15, 0.2) is 0 Å². The minimum Gasteiger partial charge on any atom is -0.479 e. The van der Waals surface area contributed by atoms with Gasteiger partial charge in [-0.3, -0.25) is 0 Å². The number of hydrogen-bond acceptors (Lipinski definition) is 2. The monoisotopic (exact) mass is 198 g/mol. The molecule has 1 heterocycles. The molecule has 74 valence electrons. The Balaban J connectivity index is 2.35. The molecule has 0 aliphatic rings. The highest BCUT2D eigenvalue weighted by atomic mass is 16.5. The van der Waals surface area contributed by atoms with E-state index in [2.05, 4.69) is 10.9 Å². The van der Waals surface area contributed by atoms with Gasteiger partial charge < -0.3 is 9.30 Å². The zero-order chi connectivity index (χ0) is 10.5. The fourth-order valence-electron chi connectivity index (χ4n) is 1.31. The van der Waals surface area contributed by atoms with Gasteiger partial charge in [0.1, 0.15) is 12.4 Å². The van der Waals surface area contributed by atoms with E-state index >= 15 is 0 Å². The van der Waals surface area contributed by atoms with Gasteiger partial charge in [0, 0.05) is 12.4 Å². The first-order valence-corrected chi connectivity index (χ1v) is 4.55. The Kier molecular flexibility index (Phi) is 2.70. The maximum atomic E-state index is 5.43. The largest absolute Gasteiger partial charge is 0.479 e. The topological polar surface area (TPSA) is 27.1 Å². The molecule has 0 atom stereocenters. The first-order valence-electron chi connectivity index (χ1n) is 4.55. The number of ether oxygens (including phenoxy) is 1. The Labute approximate surface area is 88.3 Å². The normalized spacial score (nSPS) is 9.53. The summed E-state index contributed by atoms with van der Waals surface area (Å²) in [6.07, 6.45) is 10.5. The van der Waals surface area contributed by atoms with Crippen molar-refractivity contribution in [2.24, 2.45) is 0 Å². The standard InChI is InChI=1S/C12H10N2O/c1-2-9-15-12-6-4-3-5-11(12)14-8-7-13-10-14/h1,3-8,10H,9H2. The number of terminal acetylenes is 1. The van der Waals surface area contributed by atoms with Gasteiger partial charge >= 0.3 is 0 Å². The van der Waals surface area contributed by atoms with E-state index in [0.717, 1.165) is 11.4 Å². The summed E-state index contributed by atoms with van der Waals surface area (Å²) in [6, 6.07) is 7.69. The molecule has 15 heavy (non-hydrogen) atoms. The van der Waals surface area contributed by atoms with E-state index in [1.807, 2.05) is 35.0 Å². The molecule has 1 aromatic heterocycles. The molecule has 0 unspecified atom stereocenters. The molecule has 2 aromatic rings. The van der Waals surface area contributed by atoms with Crippen LogP contribution >= 0.6 is 0 Å². The minimum atomic E-state index is 0.270. The fourth-order valence-corrected chi connectivity index (χ4v) is 1.31. The Morgan fingerprint density at radius 2 is 2.27 bits per heavy atom. The van der Waals surface area contributed by atoms with Crippen LogP contribution in [0.2, 0.25) is 0 Å². The van der Waals surface area contributed by atoms with Crippen molar-refractivity contribution in [2.75, 3.05) is 6.61 Å². The minimum absolute atomic E-state index is 0.270. The van der Waals surface area contributed by atoms with Crippen molar-refractivity contribution < 1.29 is 4.74 Å². The molecule has 0 aliphatic heterocycles. The van der Waals surface area contributed by atoms with Crippen LogP contribution in [0.25, 0.3) is 5.69 Å². The highest BCUT2D eigenvalue weighted by Gasteiger charge is 2.03. The van der Waals surface area contributed by atoms with Gasteiger partial charge in [-0.15, -0.1) is 6.42 Å². The van der Waals surface area contributed by atoms with E-state index in [1.54, 1.807) is 12.5 Å². The molecule has 3 nitrogen and oxygen atoms in total. The summed E-state index contributed by atoms with van der Waals surface area (Å²) in [6.45, 7) is 0.270. The number of benzene rings is 1. The summed E-state index contributed by atoms with van der Waals surface area (Å²) in [5, 5.41) is 0. The lowest BCUT2D eigenvalue weighted by Gasteiger charge is -2.09. The molecule has 0 bridgehead atoms. The number of imidazole rings is 1. The first kappa shape index (κ1) is 9.35. The lowest BCUT2D eigenvalue weighted by molar-refractivity contribution is 0.369. The molecule has 3 heteroatoms. The molecule has 0 saturated carbocycles. The van der Waals surface area contributed by atoms with E-state index < -0.39 is 0 Å². The van der Waals surface area contributed by atoms with E-state index in [1.165, 1.54) is 0 Å². The summed E-state index contributed by atoms with van der Waals surface area (Å²) in [4.78, 5) is 3.99. The summed E-state index contributed by atoms with van der Waals surface area (Å²) in [5.74, 6) is 3.20. The molecule has 0 amide bonds. The second-order valence-electron chi connectivity index (χ2n) is 2.93. The number of nitrogens with zero attached hydrogens (tertiary/aromatic N) is 2. The summed E-state index contributed by atoms with van der Waals surface area (Å²) >= 11 is 0. The molecule has 0 fully saturated rings. The van der Waals surface area contributed by atoms with Crippen molar-refractivity contribution in [2.45, 2.75) is 0 Å². The van der Waals surface area contributed by atoms with Crippen LogP contribution < -0.4 is 4.74 Å². The van der Waals surface area contributed by atoms with Gasteiger partial charge in [-0.05, 0) is 12.1 Å². The fraction of sp³-hybridized carbons (Fsp3) is 0.0833. The van der Waals surface area contributed by atoms with Crippen molar-refractivity contribution >= 4 is 0 Å². The summed E-state index contributed by atoms with van der Waals surface area (Å²) < 4.78 is 7.31.